The summed E-state index contributed by atoms with van der Waals surface area (Å²) in [6, 6.07) is 86.5. The lowest BCUT2D eigenvalue weighted by molar-refractivity contribution is 0.590. The summed E-state index contributed by atoms with van der Waals surface area (Å²) in [5.74, 6) is 0. The van der Waals surface area contributed by atoms with E-state index < -0.39 is 36.3 Å². The maximum atomic E-state index is 10.0. The molecule has 0 N–H and O–H groups in total. The molecule has 14 aromatic carbocycles. The van der Waals surface area contributed by atoms with Gasteiger partial charge in [-0.15, -0.1) is 0 Å². The molecule has 0 saturated carbocycles. The van der Waals surface area contributed by atoms with E-state index in [9.17, 15) is 9.60 Å². The number of rotatable bonds is 4. The van der Waals surface area contributed by atoms with Crippen LogP contribution in [-0.2, 0) is 21.7 Å². The molecule has 16 aromatic rings. The molecule has 3 aliphatic heterocycles. The van der Waals surface area contributed by atoms with Gasteiger partial charge in [-0.25, -0.2) is 4.85 Å². The van der Waals surface area contributed by atoms with Crippen molar-refractivity contribution >= 4 is 107 Å². The molecule has 0 amide bonds. The van der Waals surface area contributed by atoms with E-state index >= 15 is 0 Å². The van der Waals surface area contributed by atoms with Crippen LogP contribution < -0.4 is 26.2 Å². The Labute approximate surface area is 638 Å². The first kappa shape index (κ1) is 58.1. The van der Waals surface area contributed by atoms with Crippen molar-refractivity contribution in [3.05, 3.63) is 319 Å². The number of aromatic nitrogens is 1. The van der Waals surface area contributed by atoms with Gasteiger partial charge in [-0.2, -0.15) is 0 Å². The lowest BCUT2D eigenvalue weighted by atomic mass is 9.33. The van der Waals surface area contributed by atoms with Crippen molar-refractivity contribution in [2.24, 2.45) is 0 Å². The summed E-state index contributed by atoms with van der Waals surface area (Å²) in [6.45, 7) is 35.2. The monoisotopic (exact) mass is 1390 g/mol. The van der Waals surface area contributed by atoms with Gasteiger partial charge in [-0.1, -0.05) is 259 Å². The summed E-state index contributed by atoms with van der Waals surface area (Å²) in [7, 11) is 0. The highest BCUT2D eigenvalue weighted by molar-refractivity contribution is 7.00. The summed E-state index contributed by atoms with van der Waals surface area (Å²) in [4.78, 5) is 8.74. The van der Waals surface area contributed by atoms with Gasteiger partial charge in [-0.05, 0) is 230 Å². The molecule has 0 saturated heterocycles. The van der Waals surface area contributed by atoms with Gasteiger partial charge in [0.15, 0.2) is 5.69 Å². The average molecular weight is 1390 g/mol. The first-order valence-corrected chi connectivity index (χ1v) is 37.2. The fourth-order valence-electron chi connectivity index (χ4n) is 16.8. The van der Waals surface area contributed by atoms with Gasteiger partial charge in [0.05, 0.1) is 35.8 Å². The van der Waals surface area contributed by atoms with Crippen LogP contribution in [0.15, 0.2) is 289 Å². The van der Waals surface area contributed by atoms with Gasteiger partial charge in [-0.3, -0.25) is 0 Å². The highest BCUT2D eigenvalue weighted by atomic mass is 16.3. The lowest BCUT2D eigenvalue weighted by Crippen LogP contribution is -2.61. The molecule has 0 fully saturated rings. The smallest absolute Gasteiger partial charge is 0.252 e. The Bertz CT molecular complexity index is 6900. The summed E-state index contributed by atoms with van der Waals surface area (Å²) in [5, 5.41) is 2.01. The van der Waals surface area contributed by atoms with Gasteiger partial charge < -0.3 is 18.8 Å². The topological polar surface area (TPSA) is 28.9 Å². The van der Waals surface area contributed by atoms with E-state index in [0.717, 1.165) is 161 Å². The quantitative estimate of drug-likeness (QED) is 0.130. The third-order valence-corrected chi connectivity index (χ3v) is 22.5. The molecule has 0 unspecified atom stereocenters. The Kier molecular flexibility index (Phi) is 13.0. The molecule has 0 atom stereocenters. The van der Waals surface area contributed by atoms with Crippen LogP contribution in [0.3, 0.4) is 0 Å². The highest BCUT2D eigenvalue weighted by Gasteiger charge is 2.47. The number of para-hydroxylation sites is 1. The maximum Gasteiger partial charge on any atom is 0.252 e. The van der Waals surface area contributed by atoms with Crippen LogP contribution in [0.5, 0.6) is 0 Å². The number of hydrogen-bond donors (Lipinski definition) is 0. The first-order valence-electron chi connectivity index (χ1n) is 40.7. The number of anilines is 6. The number of fused-ring (bicyclic) bond motifs is 23. The minimum atomic E-state index is -0.524. The van der Waals surface area contributed by atoms with Crippen molar-refractivity contribution in [3.63, 3.8) is 0 Å². The van der Waals surface area contributed by atoms with Gasteiger partial charge in [0, 0.05) is 69.6 Å². The Hall–Kier alpha value is -12.2. The number of nitrogens with zero attached hydrogens (tertiary/aromatic N) is 4. The Balaban J connectivity index is 1.05. The third kappa shape index (κ3) is 10.7. The number of hydrogen-bond acceptors (Lipinski definition) is 3. The van der Waals surface area contributed by atoms with E-state index in [2.05, 4.69) is 334 Å². The SMILES string of the molecule is [2H]c1c([2H])c([2H])c2c(c1[2H])c1c([2H])c([N+]#[C-])c([2H])c([2H])c1n2-c1ccc2c(c1)N1c3cc(C(C)(C)C)cc4c3B2c2cc(-c3cccc(C(C)(C)C)c3)ccc2N4c2c(-c3ccccc3)cc(C(C)(C)C)cc2-c2cccc(c2)-c2ccc3oc4ccc(cc4c3c2)-c2cccc(c2)-c2cc(C(C)(C)C)cc(-c3ccccc3)c21. The van der Waals surface area contributed by atoms with Crippen LogP contribution in [0.1, 0.15) is 115 Å². The summed E-state index contributed by atoms with van der Waals surface area (Å²) in [6.07, 6.45) is 0. The molecule has 5 heterocycles. The van der Waals surface area contributed by atoms with Crippen molar-refractivity contribution in [2.75, 3.05) is 9.80 Å². The Morgan fingerprint density at radius 3 is 1.36 bits per heavy atom. The molecule has 2 aromatic heterocycles. The van der Waals surface area contributed by atoms with E-state index in [-0.39, 0.29) is 61.9 Å². The summed E-state index contributed by atoms with van der Waals surface area (Å²) >= 11 is 0. The molecule has 6 heteroatoms. The fourth-order valence-corrected chi connectivity index (χ4v) is 16.8. The molecular formula is C101H83BN4O. The van der Waals surface area contributed by atoms with E-state index in [0.29, 0.717) is 5.69 Å². The van der Waals surface area contributed by atoms with E-state index in [1.165, 1.54) is 11.1 Å². The van der Waals surface area contributed by atoms with Crippen molar-refractivity contribution in [3.8, 4) is 83.6 Å². The molecule has 0 radical (unpaired) electrons. The van der Waals surface area contributed by atoms with Crippen LogP contribution in [0.25, 0.3) is 132 Å². The van der Waals surface area contributed by atoms with Crippen LogP contribution in [-0.4, -0.2) is 11.3 Å². The zero-order valence-electron chi connectivity index (χ0n) is 69.4. The van der Waals surface area contributed by atoms with E-state index in [1.54, 1.807) is 4.57 Å². The van der Waals surface area contributed by atoms with Crippen molar-refractivity contribution in [2.45, 2.75) is 105 Å². The summed E-state index contributed by atoms with van der Waals surface area (Å²) < 4.78 is 76.0. The zero-order chi connectivity index (χ0) is 79.4. The minimum absolute atomic E-state index is 0.00169. The van der Waals surface area contributed by atoms with E-state index in [1.807, 2.05) is 6.07 Å². The molecule has 13 bridgehead atoms. The van der Waals surface area contributed by atoms with Gasteiger partial charge in [0.25, 0.3) is 6.71 Å². The second-order valence-corrected chi connectivity index (χ2v) is 33.5. The Morgan fingerprint density at radius 2 is 0.804 bits per heavy atom. The molecular weight excluding hydrogens is 1300 g/mol. The van der Waals surface area contributed by atoms with Gasteiger partial charge >= 0.3 is 0 Å². The predicted octanol–water partition coefficient (Wildman–Crippen LogP) is 26.5. The van der Waals surface area contributed by atoms with E-state index in [4.69, 9.17) is 11.0 Å². The molecule has 107 heavy (non-hydrogen) atoms. The number of benzene rings is 14. The fraction of sp³-hybridized carbons (Fsp3) is 0.158. The second-order valence-electron chi connectivity index (χ2n) is 33.5. The molecule has 5 nitrogen and oxygen atoms in total. The molecule has 19 rings (SSSR count). The van der Waals surface area contributed by atoms with Crippen LogP contribution in [0.2, 0.25) is 0 Å². The van der Waals surface area contributed by atoms with Crippen LogP contribution in [0.4, 0.5) is 39.8 Å². The Morgan fingerprint density at radius 1 is 0.346 bits per heavy atom. The largest absolute Gasteiger partial charge is 0.456 e. The standard InChI is InChI=1S/C101H83BN4O/c1-98(2,3)71-34-24-31-65(49-71)68-37-43-89-86(52-68)102-85-42-41-76(104-87-36-21-20-35-77(87)82-59-75(103-13)40-44-88(82)104)60-90(85)106-92-58-74(101(10,11)12)57-91(95(92)102)105(89)96-78(61-25-16-14-17-26-61)53-72(99(4,5)6)55-80(96)69-32-22-29-63(47-69)66-38-45-93-83(50-66)84-51-67(39-46-94(84)107-93)64-30-23-33-70(48-64)81-56-73(100(7,8)9)54-79(97(81)106)62-27-18-15-19-28-62/h14-60H,1-12H3/i20D,21D,35D,36D,40D,44D,59D. The molecule has 0 spiro atoms. The van der Waals surface area contributed by atoms with Crippen molar-refractivity contribution in [1.29, 1.82) is 0 Å². The second kappa shape index (κ2) is 23.9. The van der Waals surface area contributed by atoms with Gasteiger partial charge in [0.1, 0.15) is 11.2 Å². The predicted molar refractivity (Wildman–Crippen MR) is 455 cm³/mol. The highest BCUT2D eigenvalue weighted by Crippen LogP contribution is 2.56. The van der Waals surface area contributed by atoms with Crippen LogP contribution in [0, 0.1) is 6.57 Å². The molecule has 516 valence electrons. The molecule has 0 aliphatic carbocycles. The first-order chi connectivity index (χ1) is 54.4. The molecule has 3 aliphatic rings. The zero-order valence-corrected chi connectivity index (χ0v) is 62.4. The lowest BCUT2D eigenvalue weighted by Gasteiger charge is -2.47. The number of furan rings is 1. The summed E-state index contributed by atoms with van der Waals surface area (Å²) in [5.41, 5.74) is 27.7. The average Bonchev–Trinajstić information content (AvgIpc) is 0.873. The maximum absolute atomic E-state index is 10.0. The van der Waals surface area contributed by atoms with Crippen molar-refractivity contribution in [1.82, 2.24) is 4.57 Å². The van der Waals surface area contributed by atoms with Gasteiger partial charge in [0.2, 0.25) is 0 Å². The normalized spacial score (nSPS) is 14.1. The minimum Gasteiger partial charge on any atom is -0.456 e. The van der Waals surface area contributed by atoms with Crippen molar-refractivity contribution < 1.29 is 14.0 Å². The third-order valence-electron chi connectivity index (χ3n) is 22.5. The van der Waals surface area contributed by atoms with Crippen LogP contribution >= 0.6 is 0 Å².